The van der Waals surface area contributed by atoms with Crippen LogP contribution in [0.25, 0.3) is 0 Å². The van der Waals surface area contributed by atoms with Crippen molar-refractivity contribution in [2.75, 3.05) is 30.3 Å². The number of hydrogen-bond donors (Lipinski definition) is 0. The summed E-state index contributed by atoms with van der Waals surface area (Å²) in [5.74, 6) is 0.404. The first-order valence-corrected chi connectivity index (χ1v) is 12.6. The van der Waals surface area contributed by atoms with Crippen molar-refractivity contribution in [2.24, 2.45) is 5.92 Å². The minimum Gasteiger partial charge on any atom is -0.495 e. The van der Waals surface area contributed by atoms with Crippen LogP contribution in [0.15, 0.2) is 71.9 Å². The van der Waals surface area contributed by atoms with E-state index in [4.69, 9.17) is 32.8 Å². The maximum Gasteiger partial charge on any atom is 0.165 e. The zero-order chi connectivity index (χ0) is 25.6. The number of benzene rings is 3. The summed E-state index contributed by atoms with van der Waals surface area (Å²) in [5, 5.41) is 4.65. The molecule has 2 aliphatic rings. The van der Waals surface area contributed by atoms with Gasteiger partial charge in [-0.25, -0.2) is 4.39 Å². The first kappa shape index (κ1) is 24.9. The lowest BCUT2D eigenvalue weighted by Gasteiger charge is -2.39. The molecule has 0 saturated carbocycles. The number of rotatable bonds is 5. The topological polar surface area (TPSA) is 28.2 Å². The summed E-state index contributed by atoms with van der Waals surface area (Å²) in [6.45, 7) is 6.96. The molecule has 1 saturated heterocycles. The number of ether oxygens (including phenoxy) is 1. The largest absolute Gasteiger partial charge is 0.495 e. The summed E-state index contributed by atoms with van der Waals surface area (Å²) in [5.41, 5.74) is 5.49. The Labute approximate surface area is 221 Å². The zero-order valence-corrected chi connectivity index (χ0v) is 22.1. The Morgan fingerprint density at radius 1 is 1.03 bits per heavy atom. The van der Waals surface area contributed by atoms with Gasteiger partial charge in [0.1, 0.15) is 18.2 Å². The number of nitrogens with zero attached hydrogens (tertiary/aromatic N) is 3. The molecule has 2 atom stereocenters. The lowest BCUT2D eigenvalue weighted by Crippen LogP contribution is -2.42. The van der Waals surface area contributed by atoms with Crippen molar-refractivity contribution in [1.82, 2.24) is 5.17 Å². The first-order chi connectivity index (χ1) is 17.3. The molecule has 0 spiro atoms. The molecule has 0 aromatic heterocycles. The van der Waals surface area contributed by atoms with Crippen molar-refractivity contribution < 1.29 is 14.0 Å². The predicted molar refractivity (Wildman–Crippen MR) is 143 cm³/mol. The van der Waals surface area contributed by atoms with Crippen LogP contribution in [-0.2, 0) is 4.84 Å². The minimum atomic E-state index is -0.472. The number of hydrazine groups is 1. The molecule has 1 fully saturated rings. The molecule has 8 heteroatoms. The lowest BCUT2D eigenvalue weighted by molar-refractivity contribution is -0.146. The fourth-order valence-electron chi connectivity index (χ4n) is 5.17. The fourth-order valence-corrected chi connectivity index (χ4v) is 5.57. The number of hydroxylamine groups is 1. The molecule has 0 N–H and O–H groups in total. The summed E-state index contributed by atoms with van der Waals surface area (Å²) in [6, 6.07) is 18.5. The Balaban J connectivity index is 1.77. The van der Waals surface area contributed by atoms with Gasteiger partial charge in [-0.1, -0.05) is 66.5 Å². The van der Waals surface area contributed by atoms with Crippen LogP contribution >= 0.6 is 23.2 Å². The third-order valence-corrected chi connectivity index (χ3v) is 7.23. The summed E-state index contributed by atoms with van der Waals surface area (Å²) >= 11 is 12.5. The zero-order valence-electron chi connectivity index (χ0n) is 20.6. The highest BCUT2D eigenvalue weighted by atomic mass is 35.5. The SMILES string of the molecule is COc1ccccc1N1C(C(C)C)=C2CN1OCN(c1cccc(Cl)c1F)[C@H]2c1ccc(Cl)cc1C. The van der Waals surface area contributed by atoms with Crippen molar-refractivity contribution >= 4 is 34.6 Å². The van der Waals surface area contributed by atoms with Gasteiger partial charge in [0.25, 0.3) is 0 Å². The van der Waals surface area contributed by atoms with Crippen LogP contribution in [0.2, 0.25) is 10.0 Å². The number of halogens is 3. The van der Waals surface area contributed by atoms with Gasteiger partial charge in [-0.2, -0.15) is 0 Å². The molecule has 0 amide bonds. The van der Waals surface area contributed by atoms with Gasteiger partial charge < -0.3 is 9.64 Å². The van der Waals surface area contributed by atoms with E-state index in [9.17, 15) is 0 Å². The number of para-hydroxylation sites is 2. The third-order valence-electron chi connectivity index (χ3n) is 6.70. The fraction of sp³-hybridized carbons (Fsp3) is 0.286. The standard InChI is InChI=1S/C28H28Cl2FN3O2/c1-17(2)27-21-15-33(34(27)23-9-5-6-11-25(23)35-4)36-16-32(24-10-7-8-22(30)26(24)31)28(21)20-13-12-19(29)14-18(20)3/h5-14,17,28H,15-16H2,1-4H3/t28-/m0/s1. The lowest BCUT2D eigenvalue weighted by atomic mass is 9.90. The van der Waals surface area contributed by atoms with E-state index < -0.39 is 5.82 Å². The number of anilines is 2. The molecular weight excluding hydrogens is 500 g/mol. The number of allylic oxidation sites excluding steroid dienone is 1. The third kappa shape index (κ3) is 4.22. The van der Waals surface area contributed by atoms with Crippen molar-refractivity contribution in [2.45, 2.75) is 26.8 Å². The van der Waals surface area contributed by atoms with E-state index in [-0.39, 0.29) is 23.7 Å². The highest BCUT2D eigenvalue weighted by Gasteiger charge is 2.44. The van der Waals surface area contributed by atoms with Crippen LogP contribution in [0, 0.1) is 18.7 Å². The van der Waals surface area contributed by atoms with Gasteiger partial charge in [0.2, 0.25) is 0 Å². The number of aryl methyl sites for hydroxylation is 1. The van der Waals surface area contributed by atoms with Crippen LogP contribution in [-0.4, -0.2) is 25.6 Å². The summed E-state index contributed by atoms with van der Waals surface area (Å²) in [7, 11) is 1.66. The first-order valence-electron chi connectivity index (χ1n) is 11.8. The minimum absolute atomic E-state index is 0.0718. The molecule has 5 rings (SSSR count). The summed E-state index contributed by atoms with van der Waals surface area (Å²) in [4.78, 5) is 8.31. The van der Waals surface area contributed by atoms with Crippen molar-refractivity contribution in [3.63, 3.8) is 0 Å². The Hall–Kier alpha value is -2.77. The predicted octanol–water partition coefficient (Wildman–Crippen LogP) is 7.55. The quantitative estimate of drug-likeness (QED) is 0.341. The van der Waals surface area contributed by atoms with Gasteiger partial charge in [-0.05, 0) is 65.9 Å². The van der Waals surface area contributed by atoms with E-state index in [2.05, 4.69) is 18.9 Å². The number of hydrogen-bond acceptors (Lipinski definition) is 5. The van der Waals surface area contributed by atoms with E-state index in [1.807, 2.05) is 59.5 Å². The molecule has 3 aromatic rings. The van der Waals surface area contributed by atoms with Gasteiger partial charge in [0, 0.05) is 10.7 Å². The molecular formula is C28H28Cl2FN3O2. The Morgan fingerprint density at radius 2 is 1.78 bits per heavy atom. The van der Waals surface area contributed by atoms with E-state index in [0.29, 0.717) is 17.3 Å². The van der Waals surface area contributed by atoms with E-state index in [0.717, 1.165) is 33.8 Å². The second kappa shape index (κ2) is 9.94. The van der Waals surface area contributed by atoms with Gasteiger partial charge in [0.15, 0.2) is 5.82 Å². The molecule has 3 aromatic carbocycles. The van der Waals surface area contributed by atoms with Crippen molar-refractivity contribution in [3.8, 4) is 5.75 Å². The normalized spacial score (nSPS) is 19.8. The second-order valence-corrected chi connectivity index (χ2v) is 10.1. The number of methoxy groups -OCH3 is 1. The molecule has 36 heavy (non-hydrogen) atoms. The Kier molecular flexibility index (Phi) is 6.88. The molecule has 2 aliphatic heterocycles. The van der Waals surface area contributed by atoms with Gasteiger partial charge in [0.05, 0.1) is 30.4 Å². The van der Waals surface area contributed by atoms with Crippen molar-refractivity contribution in [3.05, 3.63) is 98.9 Å². The van der Waals surface area contributed by atoms with E-state index >= 15 is 4.39 Å². The van der Waals surface area contributed by atoms with Crippen molar-refractivity contribution in [1.29, 1.82) is 0 Å². The van der Waals surface area contributed by atoms with Crippen LogP contribution in [0.4, 0.5) is 15.8 Å². The van der Waals surface area contributed by atoms with Crippen LogP contribution in [0.5, 0.6) is 5.75 Å². The number of fused-ring (bicyclic) bond motifs is 2. The van der Waals surface area contributed by atoms with Crippen LogP contribution < -0.4 is 14.6 Å². The maximum absolute atomic E-state index is 15.4. The average molecular weight is 528 g/mol. The highest BCUT2D eigenvalue weighted by Crippen LogP contribution is 2.48. The average Bonchev–Trinajstić information content (AvgIpc) is 3.12. The van der Waals surface area contributed by atoms with E-state index in [1.165, 1.54) is 0 Å². The van der Waals surface area contributed by atoms with Crippen LogP contribution in [0.3, 0.4) is 0 Å². The highest BCUT2D eigenvalue weighted by molar-refractivity contribution is 6.31. The maximum atomic E-state index is 15.4. The smallest absolute Gasteiger partial charge is 0.165 e. The van der Waals surface area contributed by atoms with Gasteiger partial charge >= 0.3 is 0 Å². The molecule has 188 valence electrons. The second-order valence-electron chi connectivity index (χ2n) is 9.26. The van der Waals surface area contributed by atoms with E-state index in [1.54, 1.807) is 25.3 Å². The molecule has 0 radical (unpaired) electrons. The summed E-state index contributed by atoms with van der Waals surface area (Å²) in [6.07, 6.45) is 0. The van der Waals surface area contributed by atoms with Crippen LogP contribution in [0.1, 0.15) is 31.0 Å². The van der Waals surface area contributed by atoms with Gasteiger partial charge in [-0.3, -0.25) is 9.85 Å². The van der Waals surface area contributed by atoms with Gasteiger partial charge in [-0.15, -0.1) is 0 Å². The molecule has 2 bridgehead atoms. The molecule has 1 unspecified atom stereocenters. The molecule has 0 aliphatic carbocycles. The Bertz CT molecular complexity index is 1330. The monoisotopic (exact) mass is 527 g/mol. The molecule has 5 nitrogen and oxygen atoms in total. The molecule has 2 heterocycles. The Morgan fingerprint density at radius 3 is 2.50 bits per heavy atom. The summed E-state index contributed by atoms with van der Waals surface area (Å²) < 4.78 is 21.1.